The van der Waals surface area contributed by atoms with Gasteiger partial charge in [-0.3, -0.25) is 9.59 Å². The average molecular weight is 484 g/mol. The first-order valence-electron chi connectivity index (χ1n) is 11.1. The lowest BCUT2D eigenvalue weighted by Crippen LogP contribution is -2.49. The monoisotopic (exact) mass is 483 g/mol. The van der Waals surface area contributed by atoms with E-state index in [0.717, 1.165) is 0 Å². The SMILES string of the molecule is COc1ccc(S(=O)(=O)N2CCCC(C(=O)N(CCN(C)C)CC(=O)OC(C)(C)C)C2)cc1. The lowest BCUT2D eigenvalue weighted by atomic mass is 9.98. The van der Waals surface area contributed by atoms with E-state index in [4.69, 9.17) is 9.47 Å². The van der Waals surface area contributed by atoms with E-state index in [1.807, 2.05) is 19.0 Å². The number of nitrogens with zero attached hydrogens (tertiary/aromatic N) is 3. The summed E-state index contributed by atoms with van der Waals surface area (Å²) in [6, 6.07) is 6.21. The summed E-state index contributed by atoms with van der Waals surface area (Å²) in [5, 5.41) is 0. The third-order valence-corrected chi connectivity index (χ3v) is 7.18. The van der Waals surface area contributed by atoms with Crippen molar-refractivity contribution in [1.82, 2.24) is 14.1 Å². The Morgan fingerprint density at radius 2 is 1.76 bits per heavy atom. The lowest BCUT2D eigenvalue weighted by molar-refractivity contribution is -0.160. The number of carbonyl (C=O) groups excluding carboxylic acids is 2. The summed E-state index contributed by atoms with van der Waals surface area (Å²) in [5.74, 6) is -0.652. The van der Waals surface area contributed by atoms with Crippen LogP contribution in [-0.4, -0.2) is 93.9 Å². The minimum Gasteiger partial charge on any atom is -0.497 e. The molecule has 1 aromatic carbocycles. The van der Waals surface area contributed by atoms with Gasteiger partial charge in [-0.05, 0) is 72.0 Å². The zero-order chi connectivity index (χ0) is 24.8. The number of piperidine rings is 1. The standard InChI is InChI=1S/C23H37N3O6S/c1-23(2,3)32-21(27)17-25(15-14-24(4)5)22(28)18-8-7-13-26(16-18)33(29,30)20-11-9-19(31-6)10-12-20/h9-12,18H,7-8,13-17H2,1-6H3. The summed E-state index contributed by atoms with van der Waals surface area (Å²) in [6.45, 7) is 6.54. The Kier molecular flexibility index (Phi) is 9.28. The van der Waals surface area contributed by atoms with Crippen LogP contribution in [0.2, 0.25) is 0 Å². The van der Waals surface area contributed by atoms with Crippen molar-refractivity contribution in [3.8, 4) is 5.75 Å². The number of amides is 1. The molecule has 1 saturated heterocycles. The number of hydrogen-bond donors (Lipinski definition) is 0. The van der Waals surface area contributed by atoms with Crippen LogP contribution in [0.5, 0.6) is 5.75 Å². The first-order valence-corrected chi connectivity index (χ1v) is 12.6. The smallest absolute Gasteiger partial charge is 0.326 e. The Balaban J connectivity index is 2.15. The van der Waals surface area contributed by atoms with E-state index in [2.05, 4.69) is 0 Å². The van der Waals surface area contributed by atoms with Gasteiger partial charge in [0.15, 0.2) is 0 Å². The normalized spacial score (nSPS) is 17.6. The molecule has 0 aliphatic carbocycles. The molecule has 0 N–H and O–H groups in total. The van der Waals surface area contributed by atoms with E-state index in [0.29, 0.717) is 38.2 Å². The first-order chi connectivity index (χ1) is 15.3. The number of likely N-dealkylation sites (N-methyl/N-ethyl adjacent to an activating group) is 1. The molecule has 0 bridgehead atoms. The molecule has 1 unspecified atom stereocenters. The quantitative estimate of drug-likeness (QED) is 0.495. The second-order valence-corrected chi connectivity index (χ2v) is 11.5. The molecule has 186 valence electrons. The molecule has 0 spiro atoms. The Morgan fingerprint density at radius 3 is 2.30 bits per heavy atom. The van der Waals surface area contributed by atoms with Crippen LogP contribution in [0.15, 0.2) is 29.2 Å². The van der Waals surface area contributed by atoms with Crippen molar-refractivity contribution in [2.75, 3.05) is 53.9 Å². The molecule has 10 heteroatoms. The van der Waals surface area contributed by atoms with Gasteiger partial charge in [0.1, 0.15) is 17.9 Å². The van der Waals surface area contributed by atoms with E-state index in [9.17, 15) is 18.0 Å². The number of benzene rings is 1. The van der Waals surface area contributed by atoms with Crippen molar-refractivity contribution in [2.24, 2.45) is 5.92 Å². The molecule has 1 aliphatic rings. The van der Waals surface area contributed by atoms with Crippen molar-refractivity contribution >= 4 is 21.9 Å². The van der Waals surface area contributed by atoms with Crippen LogP contribution < -0.4 is 4.74 Å². The molecule has 1 aliphatic heterocycles. The molecule has 33 heavy (non-hydrogen) atoms. The summed E-state index contributed by atoms with van der Waals surface area (Å²) in [4.78, 5) is 29.4. The van der Waals surface area contributed by atoms with Gasteiger partial charge in [0.2, 0.25) is 15.9 Å². The van der Waals surface area contributed by atoms with Gasteiger partial charge in [0.25, 0.3) is 0 Å². The maximum absolute atomic E-state index is 13.4. The minimum atomic E-state index is -3.74. The number of ether oxygens (including phenoxy) is 2. The van der Waals surface area contributed by atoms with E-state index in [1.165, 1.54) is 28.4 Å². The summed E-state index contributed by atoms with van der Waals surface area (Å²) < 4.78 is 38.2. The summed E-state index contributed by atoms with van der Waals surface area (Å²) in [5.41, 5.74) is -0.651. The van der Waals surface area contributed by atoms with Crippen molar-refractivity contribution < 1.29 is 27.5 Å². The first kappa shape index (κ1) is 27.1. The highest BCUT2D eigenvalue weighted by molar-refractivity contribution is 7.89. The largest absolute Gasteiger partial charge is 0.497 e. The zero-order valence-electron chi connectivity index (χ0n) is 20.5. The fourth-order valence-electron chi connectivity index (χ4n) is 3.63. The fraction of sp³-hybridized carbons (Fsp3) is 0.652. The van der Waals surface area contributed by atoms with Gasteiger partial charge in [-0.15, -0.1) is 0 Å². The Labute approximate surface area is 197 Å². The number of hydrogen-bond acceptors (Lipinski definition) is 7. The molecule has 2 rings (SSSR count). The predicted octanol–water partition coefficient (Wildman–Crippen LogP) is 1.83. The highest BCUT2D eigenvalue weighted by Gasteiger charge is 2.36. The average Bonchev–Trinajstić information content (AvgIpc) is 2.75. The number of sulfonamides is 1. The van der Waals surface area contributed by atoms with Crippen molar-refractivity contribution in [3.63, 3.8) is 0 Å². The summed E-state index contributed by atoms with van der Waals surface area (Å²) in [6.07, 6.45) is 1.14. The van der Waals surface area contributed by atoms with Crippen molar-refractivity contribution in [1.29, 1.82) is 0 Å². The molecule has 1 heterocycles. The second-order valence-electron chi connectivity index (χ2n) is 9.53. The number of esters is 1. The van der Waals surface area contributed by atoms with E-state index < -0.39 is 27.5 Å². The van der Waals surface area contributed by atoms with Gasteiger partial charge in [0.05, 0.1) is 17.9 Å². The van der Waals surface area contributed by atoms with Crippen LogP contribution in [-0.2, 0) is 24.3 Å². The topological polar surface area (TPSA) is 96.5 Å². The molecule has 1 amide bonds. The molecule has 1 atom stereocenters. The van der Waals surface area contributed by atoms with Gasteiger partial charge in [0, 0.05) is 26.2 Å². The highest BCUT2D eigenvalue weighted by atomic mass is 32.2. The molecule has 1 aromatic rings. The third-order valence-electron chi connectivity index (χ3n) is 5.30. The Hall–Kier alpha value is -2.17. The molecule has 0 aromatic heterocycles. The minimum absolute atomic E-state index is 0.0833. The van der Waals surface area contributed by atoms with Gasteiger partial charge in [-0.1, -0.05) is 0 Å². The van der Waals surface area contributed by atoms with Crippen LogP contribution in [0.4, 0.5) is 0 Å². The summed E-state index contributed by atoms with van der Waals surface area (Å²) in [7, 11) is 1.55. The molecule has 0 radical (unpaired) electrons. The molecular weight excluding hydrogens is 446 g/mol. The lowest BCUT2D eigenvalue weighted by Gasteiger charge is -2.34. The van der Waals surface area contributed by atoms with Gasteiger partial charge >= 0.3 is 5.97 Å². The van der Waals surface area contributed by atoms with E-state index in [-0.39, 0.29) is 23.9 Å². The van der Waals surface area contributed by atoms with Gasteiger partial charge in [-0.2, -0.15) is 4.31 Å². The highest BCUT2D eigenvalue weighted by Crippen LogP contribution is 2.26. The Bertz CT molecular complexity index is 909. The number of methoxy groups -OCH3 is 1. The van der Waals surface area contributed by atoms with Gasteiger partial charge in [-0.25, -0.2) is 8.42 Å². The third kappa shape index (κ3) is 7.97. The maximum Gasteiger partial charge on any atom is 0.326 e. The van der Waals surface area contributed by atoms with E-state index >= 15 is 0 Å². The fourth-order valence-corrected chi connectivity index (χ4v) is 5.16. The predicted molar refractivity (Wildman–Crippen MR) is 125 cm³/mol. The van der Waals surface area contributed by atoms with Crippen LogP contribution in [0, 0.1) is 5.92 Å². The number of carbonyl (C=O) groups is 2. The molecule has 1 fully saturated rings. The van der Waals surface area contributed by atoms with Gasteiger partial charge < -0.3 is 19.3 Å². The van der Waals surface area contributed by atoms with Crippen LogP contribution in [0.1, 0.15) is 33.6 Å². The Morgan fingerprint density at radius 1 is 1.12 bits per heavy atom. The molecule has 9 nitrogen and oxygen atoms in total. The van der Waals surface area contributed by atoms with E-state index in [1.54, 1.807) is 32.9 Å². The maximum atomic E-state index is 13.4. The molecule has 0 saturated carbocycles. The summed E-state index contributed by atoms with van der Waals surface area (Å²) >= 11 is 0. The van der Waals surface area contributed by atoms with Crippen molar-refractivity contribution in [2.45, 2.75) is 44.1 Å². The number of rotatable bonds is 9. The molecular formula is C23H37N3O6S. The van der Waals surface area contributed by atoms with Crippen molar-refractivity contribution in [3.05, 3.63) is 24.3 Å². The van der Waals surface area contributed by atoms with Crippen LogP contribution in [0.3, 0.4) is 0 Å². The second kappa shape index (κ2) is 11.3. The van der Waals surface area contributed by atoms with Crippen LogP contribution >= 0.6 is 0 Å². The zero-order valence-corrected chi connectivity index (χ0v) is 21.4. The van der Waals surface area contributed by atoms with Crippen LogP contribution in [0.25, 0.3) is 0 Å².